The van der Waals surface area contributed by atoms with Crippen molar-refractivity contribution in [2.45, 2.75) is 53.1 Å². The van der Waals surface area contributed by atoms with Crippen molar-refractivity contribution in [3.05, 3.63) is 0 Å². The first-order valence-corrected chi connectivity index (χ1v) is 10.9. The van der Waals surface area contributed by atoms with Crippen molar-refractivity contribution < 1.29 is 13.2 Å². The fraction of sp³-hybridized carbons (Fsp3) is 0.941. The summed E-state index contributed by atoms with van der Waals surface area (Å²) in [6.07, 6.45) is 3.47. The fourth-order valence-corrected chi connectivity index (χ4v) is 3.54. The molecule has 0 aromatic rings. The normalized spacial score (nSPS) is 17.9. The highest BCUT2D eigenvalue weighted by Gasteiger charge is 2.24. The van der Waals surface area contributed by atoms with Gasteiger partial charge in [-0.2, -0.15) is 0 Å². The minimum Gasteiger partial charge on any atom is -0.379 e. The van der Waals surface area contributed by atoms with Gasteiger partial charge in [-0.05, 0) is 31.1 Å². The highest BCUT2D eigenvalue weighted by atomic mass is 32.2. The second-order valence-corrected chi connectivity index (χ2v) is 9.63. The number of nitrogens with one attached hydrogen (secondary N) is 3. The first-order valence-electron chi connectivity index (χ1n) is 9.20. The predicted molar refractivity (Wildman–Crippen MR) is 103 cm³/mol. The Balaban J connectivity index is 2.44. The van der Waals surface area contributed by atoms with Crippen LogP contribution in [0.5, 0.6) is 0 Å². The van der Waals surface area contributed by atoms with Gasteiger partial charge in [0.25, 0.3) is 0 Å². The van der Waals surface area contributed by atoms with Crippen LogP contribution in [0, 0.1) is 11.3 Å². The SMILES string of the molecule is CCNC(=NCC(OC)C(C)(C)C)NCCS(=O)(=O)NCC1CCC1. The van der Waals surface area contributed by atoms with E-state index in [0.29, 0.717) is 38.1 Å². The van der Waals surface area contributed by atoms with E-state index in [1.807, 2.05) is 6.92 Å². The number of methoxy groups -OCH3 is 1. The van der Waals surface area contributed by atoms with Crippen LogP contribution in [-0.2, 0) is 14.8 Å². The number of ether oxygens (including phenoxy) is 1. The Hall–Kier alpha value is -0.860. The molecule has 0 radical (unpaired) electrons. The van der Waals surface area contributed by atoms with E-state index in [-0.39, 0.29) is 17.3 Å². The third kappa shape index (κ3) is 8.87. The zero-order valence-electron chi connectivity index (χ0n) is 16.4. The molecular weight excluding hydrogens is 340 g/mol. The van der Waals surface area contributed by atoms with Gasteiger partial charge in [0.2, 0.25) is 10.0 Å². The summed E-state index contributed by atoms with van der Waals surface area (Å²) in [4.78, 5) is 4.52. The van der Waals surface area contributed by atoms with Crippen LogP contribution in [0.15, 0.2) is 4.99 Å². The van der Waals surface area contributed by atoms with Crippen molar-refractivity contribution in [3.63, 3.8) is 0 Å². The Labute approximate surface area is 153 Å². The molecule has 1 saturated carbocycles. The molecule has 0 aromatic heterocycles. The molecule has 1 atom stereocenters. The highest BCUT2D eigenvalue weighted by molar-refractivity contribution is 7.89. The van der Waals surface area contributed by atoms with Crippen molar-refractivity contribution >= 4 is 16.0 Å². The smallest absolute Gasteiger partial charge is 0.213 e. The summed E-state index contributed by atoms with van der Waals surface area (Å²) in [7, 11) is -1.56. The minimum atomic E-state index is -3.24. The Morgan fingerprint density at radius 2 is 1.96 bits per heavy atom. The van der Waals surface area contributed by atoms with E-state index in [4.69, 9.17) is 4.74 Å². The van der Waals surface area contributed by atoms with Crippen LogP contribution < -0.4 is 15.4 Å². The van der Waals surface area contributed by atoms with Crippen molar-refractivity contribution in [2.75, 3.05) is 39.0 Å². The van der Waals surface area contributed by atoms with Gasteiger partial charge in [-0.15, -0.1) is 0 Å². The number of aliphatic imine (C=N–C) groups is 1. The molecule has 7 nitrogen and oxygen atoms in total. The number of sulfonamides is 1. The molecule has 0 bridgehead atoms. The van der Waals surface area contributed by atoms with Crippen LogP contribution in [0.2, 0.25) is 0 Å². The molecule has 1 unspecified atom stereocenters. The molecule has 1 fully saturated rings. The lowest BCUT2D eigenvalue weighted by molar-refractivity contribution is 0.0241. The second-order valence-electron chi connectivity index (χ2n) is 7.70. The lowest BCUT2D eigenvalue weighted by atomic mass is 9.86. The molecule has 148 valence electrons. The molecule has 1 aliphatic rings. The molecular formula is C17H36N4O3S. The average Bonchev–Trinajstić information content (AvgIpc) is 2.44. The van der Waals surface area contributed by atoms with Crippen molar-refractivity contribution in [1.82, 2.24) is 15.4 Å². The number of nitrogens with zero attached hydrogens (tertiary/aromatic N) is 1. The monoisotopic (exact) mass is 376 g/mol. The van der Waals surface area contributed by atoms with E-state index in [1.165, 1.54) is 6.42 Å². The van der Waals surface area contributed by atoms with Crippen LogP contribution in [-0.4, -0.2) is 59.5 Å². The van der Waals surface area contributed by atoms with Gasteiger partial charge in [0.1, 0.15) is 0 Å². The van der Waals surface area contributed by atoms with Gasteiger partial charge in [0.15, 0.2) is 5.96 Å². The van der Waals surface area contributed by atoms with Crippen molar-refractivity contribution in [3.8, 4) is 0 Å². The zero-order valence-corrected chi connectivity index (χ0v) is 17.2. The molecule has 0 aliphatic heterocycles. The van der Waals surface area contributed by atoms with E-state index in [1.54, 1.807) is 7.11 Å². The fourth-order valence-electron chi connectivity index (χ4n) is 2.54. The Morgan fingerprint density at radius 3 is 2.44 bits per heavy atom. The molecule has 0 saturated heterocycles. The predicted octanol–water partition coefficient (Wildman–Crippen LogP) is 1.32. The van der Waals surface area contributed by atoms with Crippen LogP contribution in [0.4, 0.5) is 0 Å². The topological polar surface area (TPSA) is 91.8 Å². The summed E-state index contributed by atoms with van der Waals surface area (Å²) in [6, 6.07) is 0. The number of rotatable bonds is 10. The van der Waals surface area contributed by atoms with E-state index >= 15 is 0 Å². The van der Waals surface area contributed by atoms with Gasteiger partial charge in [0.05, 0.1) is 18.4 Å². The first kappa shape index (κ1) is 22.2. The van der Waals surface area contributed by atoms with Crippen LogP contribution >= 0.6 is 0 Å². The quantitative estimate of drug-likeness (QED) is 0.395. The third-order valence-electron chi connectivity index (χ3n) is 4.49. The van der Waals surface area contributed by atoms with Crippen LogP contribution in [0.25, 0.3) is 0 Å². The summed E-state index contributed by atoms with van der Waals surface area (Å²) in [5.74, 6) is 1.17. The summed E-state index contributed by atoms with van der Waals surface area (Å²) < 4.78 is 32.3. The highest BCUT2D eigenvalue weighted by Crippen LogP contribution is 2.25. The third-order valence-corrected chi connectivity index (χ3v) is 5.84. The lowest BCUT2D eigenvalue weighted by Crippen LogP contribution is -2.43. The Kier molecular flexibility index (Phi) is 9.16. The molecule has 1 aliphatic carbocycles. The molecule has 0 spiro atoms. The molecule has 1 rings (SSSR count). The minimum absolute atomic E-state index is 0.00386. The van der Waals surface area contributed by atoms with Crippen LogP contribution in [0.3, 0.4) is 0 Å². The standard InChI is InChI=1S/C17H36N4O3S/c1-6-18-16(20-13-15(24-5)17(2,3)4)19-10-11-25(22,23)21-12-14-8-7-9-14/h14-15,21H,6-13H2,1-5H3,(H2,18,19,20). The van der Waals surface area contributed by atoms with Gasteiger partial charge in [-0.1, -0.05) is 27.2 Å². The maximum atomic E-state index is 12.0. The summed E-state index contributed by atoms with van der Waals surface area (Å²) in [6.45, 7) is 10.4. The first-order chi connectivity index (χ1) is 11.7. The largest absolute Gasteiger partial charge is 0.379 e. The van der Waals surface area contributed by atoms with Gasteiger partial charge in [-0.25, -0.2) is 13.1 Å². The van der Waals surface area contributed by atoms with Gasteiger partial charge >= 0.3 is 0 Å². The number of hydrogen-bond acceptors (Lipinski definition) is 4. The van der Waals surface area contributed by atoms with E-state index in [2.05, 4.69) is 41.1 Å². The van der Waals surface area contributed by atoms with Gasteiger partial charge in [-0.3, -0.25) is 4.99 Å². The van der Waals surface area contributed by atoms with Crippen LogP contribution in [0.1, 0.15) is 47.0 Å². The lowest BCUT2D eigenvalue weighted by Gasteiger charge is -2.28. The van der Waals surface area contributed by atoms with Crippen molar-refractivity contribution in [1.29, 1.82) is 0 Å². The molecule has 0 heterocycles. The maximum absolute atomic E-state index is 12.0. The summed E-state index contributed by atoms with van der Waals surface area (Å²) in [5.41, 5.74) is -0.00956. The summed E-state index contributed by atoms with van der Waals surface area (Å²) in [5, 5.41) is 6.22. The molecule has 8 heteroatoms. The second kappa shape index (κ2) is 10.3. The number of hydrogen-bond donors (Lipinski definition) is 3. The molecule has 25 heavy (non-hydrogen) atoms. The van der Waals surface area contributed by atoms with E-state index in [9.17, 15) is 8.42 Å². The number of guanidine groups is 1. The Bertz CT molecular complexity index is 510. The molecule has 0 aromatic carbocycles. The van der Waals surface area contributed by atoms with Crippen molar-refractivity contribution in [2.24, 2.45) is 16.3 Å². The maximum Gasteiger partial charge on any atom is 0.213 e. The van der Waals surface area contributed by atoms with E-state index in [0.717, 1.165) is 12.8 Å². The Morgan fingerprint density at radius 1 is 1.28 bits per heavy atom. The van der Waals surface area contributed by atoms with Gasteiger partial charge < -0.3 is 15.4 Å². The summed E-state index contributed by atoms with van der Waals surface area (Å²) >= 11 is 0. The molecule has 3 N–H and O–H groups in total. The zero-order chi connectivity index (χ0) is 18.9. The molecule has 0 amide bonds. The van der Waals surface area contributed by atoms with Gasteiger partial charge in [0, 0.05) is 26.7 Å². The van der Waals surface area contributed by atoms with E-state index < -0.39 is 10.0 Å². The average molecular weight is 377 g/mol.